The molecule has 2 rings (SSSR count). The number of rotatable bonds is 3. The Morgan fingerprint density at radius 2 is 1.50 bits per heavy atom. The van der Waals surface area contributed by atoms with E-state index in [0.717, 1.165) is 6.42 Å². The van der Waals surface area contributed by atoms with Gasteiger partial charge < -0.3 is 0 Å². The second-order valence-corrected chi connectivity index (χ2v) is 4.89. The van der Waals surface area contributed by atoms with Gasteiger partial charge in [0.2, 0.25) is 0 Å². The van der Waals surface area contributed by atoms with Crippen LogP contribution in [0.15, 0.2) is 48.5 Å². The quantitative estimate of drug-likeness (QED) is 0.713. The lowest BCUT2D eigenvalue weighted by molar-refractivity contribution is 1.15. The Morgan fingerprint density at radius 3 is 2.11 bits per heavy atom. The van der Waals surface area contributed by atoms with E-state index in [0.29, 0.717) is 0 Å². The second kappa shape index (κ2) is 5.68. The van der Waals surface area contributed by atoms with Crippen molar-refractivity contribution < 1.29 is 0 Å². The summed E-state index contributed by atoms with van der Waals surface area (Å²) in [5.41, 5.74) is 6.85. The van der Waals surface area contributed by atoms with E-state index in [9.17, 15) is 0 Å². The molecule has 0 amide bonds. The van der Waals surface area contributed by atoms with Gasteiger partial charge in [0, 0.05) is 0 Å². The maximum Gasteiger partial charge on any atom is -0.00889 e. The number of aryl methyl sites for hydroxylation is 3. The first-order valence-corrected chi connectivity index (χ1v) is 6.45. The van der Waals surface area contributed by atoms with Gasteiger partial charge in [-0.05, 0) is 49.4 Å². The van der Waals surface area contributed by atoms with E-state index < -0.39 is 0 Å². The molecular weight excluding hydrogens is 216 g/mol. The van der Waals surface area contributed by atoms with Crippen LogP contribution in [0, 0.1) is 20.8 Å². The van der Waals surface area contributed by atoms with Crippen LogP contribution in [0.25, 0.3) is 6.08 Å². The minimum Gasteiger partial charge on any atom is -0.0795 e. The smallest absolute Gasteiger partial charge is 0.00889 e. The third kappa shape index (κ3) is 3.10. The molecule has 2 aromatic rings. The molecule has 0 fully saturated rings. The molecule has 92 valence electrons. The number of benzene rings is 2. The summed E-state index contributed by atoms with van der Waals surface area (Å²) in [5.74, 6) is 0. The Kier molecular flexibility index (Phi) is 3.99. The van der Waals surface area contributed by atoms with E-state index in [2.05, 4.69) is 69.3 Å². The van der Waals surface area contributed by atoms with Gasteiger partial charge >= 0.3 is 0 Å². The van der Waals surface area contributed by atoms with Crippen LogP contribution in [0.3, 0.4) is 0 Å². The monoisotopic (exact) mass is 236 g/mol. The van der Waals surface area contributed by atoms with Crippen molar-refractivity contribution in [1.82, 2.24) is 0 Å². The molecule has 0 heteroatoms. The molecule has 0 nitrogen and oxygen atoms in total. The zero-order valence-corrected chi connectivity index (χ0v) is 11.4. The molecular formula is C18H20. The minimum absolute atomic E-state index is 1.01. The Hall–Kier alpha value is -1.82. The number of hydrogen-bond acceptors (Lipinski definition) is 0. The average molecular weight is 236 g/mol. The van der Waals surface area contributed by atoms with Crippen LogP contribution in [0.5, 0.6) is 0 Å². The highest BCUT2D eigenvalue weighted by Gasteiger charge is 2.01. The highest BCUT2D eigenvalue weighted by molar-refractivity contribution is 5.50. The molecule has 0 spiro atoms. The fourth-order valence-corrected chi connectivity index (χ4v) is 2.41. The molecule has 0 aliphatic rings. The maximum absolute atomic E-state index is 2.26. The third-order valence-electron chi connectivity index (χ3n) is 3.27. The standard InChI is InChI=1S/C18H20/c1-14-12-15(2)18(16(3)13-14)11-7-10-17-8-5-4-6-9-17/h4-10,12-13H,11H2,1-3H3/b10-7+. The van der Waals surface area contributed by atoms with Gasteiger partial charge in [0.25, 0.3) is 0 Å². The lowest BCUT2D eigenvalue weighted by atomic mass is 9.97. The van der Waals surface area contributed by atoms with Gasteiger partial charge in [-0.2, -0.15) is 0 Å². The highest BCUT2D eigenvalue weighted by atomic mass is 14.1. The molecule has 0 heterocycles. The zero-order valence-electron chi connectivity index (χ0n) is 11.4. The van der Waals surface area contributed by atoms with Gasteiger partial charge in [-0.1, -0.05) is 60.2 Å². The Morgan fingerprint density at radius 1 is 0.889 bits per heavy atom. The molecule has 0 N–H and O–H groups in total. The molecule has 0 unspecified atom stereocenters. The fourth-order valence-electron chi connectivity index (χ4n) is 2.41. The fraction of sp³-hybridized carbons (Fsp3) is 0.222. The molecule has 18 heavy (non-hydrogen) atoms. The van der Waals surface area contributed by atoms with Crippen LogP contribution in [-0.4, -0.2) is 0 Å². The molecule has 0 aliphatic heterocycles. The third-order valence-corrected chi connectivity index (χ3v) is 3.27. The van der Waals surface area contributed by atoms with Crippen LogP contribution in [0.1, 0.15) is 27.8 Å². The maximum atomic E-state index is 2.26. The topological polar surface area (TPSA) is 0 Å². The summed E-state index contributed by atoms with van der Waals surface area (Å²) in [5, 5.41) is 0. The van der Waals surface area contributed by atoms with E-state index in [4.69, 9.17) is 0 Å². The van der Waals surface area contributed by atoms with E-state index in [1.165, 1.54) is 27.8 Å². The normalized spacial score (nSPS) is 11.1. The average Bonchev–Trinajstić information content (AvgIpc) is 2.34. The zero-order chi connectivity index (χ0) is 13.0. The summed E-state index contributed by atoms with van der Waals surface area (Å²) in [6.07, 6.45) is 5.45. The molecule has 0 aliphatic carbocycles. The predicted molar refractivity (Wildman–Crippen MR) is 79.8 cm³/mol. The lowest BCUT2D eigenvalue weighted by Crippen LogP contribution is -1.93. The summed E-state index contributed by atoms with van der Waals surface area (Å²) >= 11 is 0. The van der Waals surface area contributed by atoms with E-state index in [1.54, 1.807) is 0 Å². The van der Waals surface area contributed by atoms with Crippen LogP contribution >= 0.6 is 0 Å². The summed E-state index contributed by atoms with van der Waals surface area (Å²) in [4.78, 5) is 0. The summed E-state index contributed by atoms with van der Waals surface area (Å²) in [7, 11) is 0. The molecule has 0 saturated heterocycles. The summed E-state index contributed by atoms with van der Waals surface area (Å²) in [6.45, 7) is 6.56. The van der Waals surface area contributed by atoms with Crippen LogP contribution in [0.2, 0.25) is 0 Å². The first-order valence-electron chi connectivity index (χ1n) is 6.45. The van der Waals surface area contributed by atoms with Crippen molar-refractivity contribution in [2.24, 2.45) is 0 Å². The van der Waals surface area contributed by atoms with Gasteiger partial charge in [-0.25, -0.2) is 0 Å². The van der Waals surface area contributed by atoms with Crippen molar-refractivity contribution in [2.75, 3.05) is 0 Å². The van der Waals surface area contributed by atoms with Crippen molar-refractivity contribution in [3.63, 3.8) is 0 Å². The van der Waals surface area contributed by atoms with Gasteiger partial charge in [-0.15, -0.1) is 0 Å². The van der Waals surface area contributed by atoms with Crippen LogP contribution in [0.4, 0.5) is 0 Å². The number of allylic oxidation sites excluding steroid dienone is 1. The van der Waals surface area contributed by atoms with Crippen LogP contribution < -0.4 is 0 Å². The largest absolute Gasteiger partial charge is 0.0795 e. The van der Waals surface area contributed by atoms with Gasteiger partial charge in [0.15, 0.2) is 0 Å². The van der Waals surface area contributed by atoms with Gasteiger partial charge in [-0.3, -0.25) is 0 Å². The van der Waals surface area contributed by atoms with Crippen molar-refractivity contribution in [3.05, 3.63) is 76.4 Å². The van der Waals surface area contributed by atoms with Crippen molar-refractivity contribution in [1.29, 1.82) is 0 Å². The Bertz CT molecular complexity index is 525. The lowest BCUT2D eigenvalue weighted by Gasteiger charge is -2.09. The van der Waals surface area contributed by atoms with E-state index in [1.807, 2.05) is 6.07 Å². The molecule has 0 atom stereocenters. The first kappa shape index (κ1) is 12.6. The van der Waals surface area contributed by atoms with Crippen LogP contribution in [-0.2, 0) is 6.42 Å². The van der Waals surface area contributed by atoms with Crippen molar-refractivity contribution in [2.45, 2.75) is 27.2 Å². The van der Waals surface area contributed by atoms with E-state index in [-0.39, 0.29) is 0 Å². The van der Waals surface area contributed by atoms with Gasteiger partial charge in [0.1, 0.15) is 0 Å². The first-order chi connectivity index (χ1) is 8.66. The SMILES string of the molecule is Cc1cc(C)c(C/C=C/c2ccccc2)c(C)c1. The molecule has 2 aromatic carbocycles. The molecule has 0 saturated carbocycles. The second-order valence-electron chi connectivity index (χ2n) is 4.89. The minimum atomic E-state index is 1.01. The molecule has 0 radical (unpaired) electrons. The van der Waals surface area contributed by atoms with Gasteiger partial charge in [0.05, 0.1) is 0 Å². The summed E-state index contributed by atoms with van der Waals surface area (Å²) in [6, 6.07) is 15.0. The highest BCUT2D eigenvalue weighted by Crippen LogP contribution is 2.17. The van der Waals surface area contributed by atoms with Crippen molar-refractivity contribution >= 4 is 6.08 Å². The number of hydrogen-bond donors (Lipinski definition) is 0. The Labute approximate surface area is 110 Å². The molecule has 0 aromatic heterocycles. The van der Waals surface area contributed by atoms with E-state index >= 15 is 0 Å². The van der Waals surface area contributed by atoms with Crippen molar-refractivity contribution in [3.8, 4) is 0 Å². The summed E-state index contributed by atoms with van der Waals surface area (Å²) < 4.78 is 0. The predicted octanol–water partition coefficient (Wildman–Crippen LogP) is 4.87. The Balaban J connectivity index is 2.14. The molecule has 0 bridgehead atoms.